The van der Waals surface area contributed by atoms with Gasteiger partial charge in [-0.3, -0.25) is 9.69 Å². The molecule has 3 heteroatoms. The van der Waals surface area contributed by atoms with E-state index in [4.69, 9.17) is 11.2 Å². The van der Waals surface area contributed by atoms with E-state index >= 15 is 0 Å². The molecule has 102 valence electrons. The van der Waals surface area contributed by atoms with Gasteiger partial charge in [-0.05, 0) is 54.0 Å². The zero-order chi connectivity index (χ0) is 14.0. The van der Waals surface area contributed by atoms with E-state index in [1.54, 1.807) is 0 Å². The fourth-order valence-corrected chi connectivity index (χ4v) is 2.15. The minimum atomic E-state index is -0.416. The smallest absolute Gasteiger partial charge is 0.310 e. The molecule has 0 aromatic rings. The highest BCUT2D eigenvalue weighted by Crippen LogP contribution is 2.25. The van der Waals surface area contributed by atoms with Crippen LogP contribution in [0.2, 0.25) is 0 Å². The van der Waals surface area contributed by atoms with Crippen LogP contribution in [0.3, 0.4) is 0 Å². The maximum Gasteiger partial charge on any atom is 0.310 e. The highest BCUT2D eigenvalue weighted by Gasteiger charge is 2.34. The number of piperidine rings is 1. The third kappa shape index (κ3) is 4.03. The van der Waals surface area contributed by atoms with Crippen molar-refractivity contribution in [2.45, 2.75) is 58.6 Å². The SMILES string of the molecule is C#CC(C)(C)N1CCC[C@@H](C(=O)OC(C)(C)C)C1. The lowest BCUT2D eigenvalue weighted by molar-refractivity contribution is -0.162. The van der Waals surface area contributed by atoms with E-state index < -0.39 is 5.60 Å². The Bertz CT molecular complexity index is 346. The average molecular weight is 251 g/mol. The van der Waals surface area contributed by atoms with Crippen LogP contribution in [-0.4, -0.2) is 35.1 Å². The van der Waals surface area contributed by atoms with Crippen molar-refractivity contribution < 1.29 is 9.53 Å². The predicted molar refractivity (Wildman–Crippen MR) is 73.1 cm³/mol. The number of carbonyl (C=O) groups excluding carboxylic acids is 1. The monoisotopic (exact) mass is 251 g/mol. The third-order valence-electron chi connectivity index (χ3n) is 3.31. The largest absolute Gasteiger partial charge is 0.460 e. The molecule has 1 aliphatic heterocycles. The lowest BCUT2D eigenvalue weighted by Crippen LogP contribution is -2.50. The molecule has 3 nitrogen and oxygen atoms in total. The zero-order valence-electron chi connectivity index (χ0n) is 12.2. The average Bonchev–Trinajstić information content (AvgIpc) is 2.27. The Kier molecular flexibility index (Phi) is 4.45. The Balaban J connectivity index is 2.65. The molecule has 18 heavy (non-hydrogen) atoms. The Morgan fingerprint density at radius 1 is 1.33 bits per heavy atom. The van der Waals surface area contributed by atoms with Gasteiger partial charge in [-0.2, -0.15) is 0 Å². The molecular weight excluding hydrogens is 226 g/mol. The summed E-state index contributed by atoms with van der Waals surface area (Å²) in [6, 6.07) is 0. The zero-order valence-corrected chi connectivity index (χ0v) is 12.2. The summed E-state index contributed by atoms with van der Waals surface area (Å²) < 4.78 is 5.45. The molecule has 0 bridgehead atoms. The molecule has 1 heterocycles. The van der Waals surface area contributed by atoms with Crippen LogP contribution < -0.4 is 0 Å². The summed E-state index contributed by atoms with van der Waals surface area (Å²) in [5, 5.41) is 0. The van der Waals surface area contributed by atoms with Crippen LogP contribution in [0.25, 0.3) is 0 Å². The first-order chi connectivity index (χ1) is 8.15. The van der Waals surface area contributed by atoms with Crippen molar-refractivity contribution >= 4 is 5.97 Å². The van der Waals surface area contributed by atoms with Gasteiger partial charge in [0.1, 0.15) is 5.60 Å². The molecule has 0 unspecified atom stereocenters. The molecule has 0 aromatic heterocycles. The second kappa shape index (κ2) is 5.32. The molecule has 0 N–H and O–H groups in total. The van der Waals surface area contributed by atoms with Crippen molar-refractivity contribution in [3.63, 3.8) is 0 Å². The highest BCUT2D eigenvalue weighted by molar-refractivity contribution is 5.73. The molecule has 0 saturated carbocycles. The van der Waals surface area contributed by atoms with Crippen LogP contribution >= 0.6 is 0 Å². The summed E-state index contributed by atoms with van der Waals surface area (Å²) in [6.07, 6.45) is 7.44. The van der Waals surface area contributed by atoms with Gasteiger partial charge >= 0.3 is 5.97 Å². The van der Waals surface area contributed by atoms with Gasteiger partial charge in [0.2, 0.25) is 0 Å². The number of hydrogen-bond acceptors (Lipinski definition) is 3. The Hall–Kier alpha value is -1.01. The quantitative estimate of drug-likeness (QED) is 0.558. The van der Waals surface area contributed by atoms with Crippen LogP contribution in [0.15, 0.2) is 0 Å². The second-order valence-electron chi connectivity index (χ2n) is 6.52. The standard InChI is InChI=1S/C15H25NO2/c1-7-15(5,6)16-10-8-9-12(11-16)13(17)18-14(2,3)4/h1,12H,8-11H2,2-6H3/t12-/m1/s1. The van der Waals surface area contributed by atoms with Gasteiger partial charge in [-0.1, -0.05) is 5.92 Å². The predicted octanol–water partition coefficient (Wildman–Crippen LogP) is 2.45. The van der Waals surface area contributed by atoms with E-state index in [0.717, 1.165) is 19.4 Å². The Morgan fingerprint density at radius 2 is 1.94 bits per heavy atom. The molecule has 1 atom stereocenters. The van der Waals surface area contributed by atoms with Crippen LogP contribution in [0, 0.1) is 18.3 Å². The van der Waals surface area contributed by atoms with Crippen LogP contribution in [0.4, 0.5) is 0 Å². The van der Waals surface area contributed by atoms with E-state index in [2.05, 4.69) is 10.8 Å². The van der Waals surface area contributed by atoms with E-state index in [0.29, 0.717) is 6.54 Å². The fraction of sp³-hybridized carbons (Fsp3) is 0.800. The number of terminal acetylenes is 1. The number of esters is 1. The highest BCUT2D eigenvalue weighted by atomic mass is 16.6. The van der Waals surface area contributed by atoms with Gasteiger partial charge in [0.25, 0.3) is 0 Å². The van der Waals surface area contributed by atoms with Gasteiger partial charge in [-0.25, -0.2) is 0 Å². The van der Waals surface area contributed by atoms with Crippen LogP contribution in [-0.2, 0) is 9.53 Å². The summed E-state index contributed by atoms with van der Waals surface area (Å²) in [4.78, 5) is 14.3. The molecular formula is C15H25NO2. The van der Waals surface area contributed by atoms with E-state index in [9.17, 15) is 4.79 Å². The maximum absolute atomic E-state index is 12.1. The first-order valence-electron chi connectivity index (χ1n) is 6.61. The van der Waals surface area contributed by atoms with Gasteiger partial charge in [0.05, 0.1) is 11.5 Å². The van der Waals surface area contributed by atoms with E-state index in [-0.39, 0.29) is 17.4 Å². The van der Waals surface area contributed by atoms with Gasteiger partial charge in [0, 0.05) is 6.54 Å². The Labute approximate surface area is 111 Å². The molecule has 0 aromatic carbocycles. The number of carbonyl (C=O) groups is 1. The minimum Gasteiger partial charge on any atom is -0.460 e. The Morgan fingerprint density at radius 3 is 2.44 bits per heavy atom. The fourth-order valence-electron chi connectivity index (χ4n) is 2.15. The van der Waals surface area contributed by atoms with Gasteiger partial charge in [0.15, 0.2) is 0 Å². The molecule has 1 aliphatic rings. The second-order valence-corrected chi connectivity index (χ2v) is 6.52. The number of ether oxygens (including phenoxy) is 1. The third-order valence-corrected chi connectivity index (χ3v) is 3.31. The summed E-state index contributed by atoms with van der Waals surface area (Å²) in [7, 11) is 0. The van der Waals surface area contributed by atoms with Crippen molar-refractivity contribution in [1.29, 1.82) is 0 Å². The summed E-state index contributed by atoms with van der Waals surface area (Å²) in [6.45, 7) is 11.4. The van der Waals surface area contributed by atoms with Gasteiger partial charge < -0.3 is 4.74 Å². The lowest BCUT2D eigenvalue weighted by Gasteiger charge is -2.40. The van der Waals surface area contributed by atoms with Crippen molar-refractivity contribution in [2.75, 3.05) is 13.1 Å². The minimum absolute atomic E-state index is 0.0504. The summed E-state index contributed by atoms with van der Waals surface area (Å²) in [5.74, 6) is 2.64. The number of hydrogen-bond donors (Lipinski definition) is 0. The number of likely N-dealkylation sites (tertiary alicyclic amines) is 1. The molecule has 0 spiro atoms. The van der Waals surface area contributed by atoms with Crippen molar-refractivity contribution in [2.24, 2.45) is 5.92 Å². The topological polar surface area (TPSA) is 29.5 Å². The first kappa shape index (κ1) is 15.0. The molecule has 1 rings (SSSR count). The van der Waals surface area contributed by atoms with Crippen molar-refractivity contribution in [3.8, 4) is 12.3 Å². The normalized spacial score (nSPS) is 22.3. The maximum atomic E-state index is 12.1. The van der Waals surface area contributed by atoms with Crippen LogP contribution in [0.1, 0.15) is 47.5 Å². The lowest BCUT2D eigenvalue weighted by atomic mass is 9.93. The van der Waals surface area contributed by atoms with Crippen molar-refractivity contribution in [1.82, 2.24) is 4.90 Å². The number of rotatable bonds is 2. The molecule has 1 fully saturated rings. The summed E-state index contributed by atoms with van der Waals surface area (Å²) >= 11 is 0. The van der Waals surface area contributed by atoms with Gasteiger partial charge in [-0.15, -0.1) is 6.42 Å². The van der Waals surface area contributed by atoms with Crippen molar-refractivity contribution in [3.05, 3.63) is 0 Å². The molecule has 0 amide bonds. The summed E-state index contributed by atoms with van der Waals surface area (Å²) in [5.41, 5.74) is -0.707. The molecule has 1 saturated heterocycles. The first-order valence-corrected chi connectivity index (χ1v) is 6.61. The molecule has 0 aliphatic carbocycles. The molecule has 0 radical (unpaired) electrons. The van der Waals surface area contributed by atoms with E-state index in [1.165, 1.54) is 0 Å². The van der Waals surface area contributed by atoms with E-state index in [1.807, 2.05) is 34.6 Å². The number of nitrogens with zero attached hydrogens (tertiary/aromatic N) is 1. The van der Waals surface area contributed by atoms with Crippen LogP contribution in [0.5, 0.6) is 0 Å².